The molecule has 2 aromatic rings. The molecule has 2 N–H and O–H groups in total. The molecule has 0 saturated heterocycles. The number of hydrogen-bond acceptors (Lipinski definition) is 5. The number of hydrogen-bond donors (Lipinski definition) is 2. The third kappa shape index (κ3) is 6.90. The van der Waals surface area contributed by atoms with Crippen molar-refractivity contribution in [1.82, 2.24) is 5.32 Å². The topological polar surface area (TPSA) is 68.8 Å². The number of nitrogens with one attached hydrogen (secondary N) is 2. The number of benzene rings is 2. The van der Waals surface area contributed by atoms with Gasteiger partial charge < -0.3 is 19.5 Å². The number of anilines is 1. The number of thiocarbonyl (C=S) groups is 1. The summed E-state index contributed by atoms with van der Waals surface area (Å²) in [6, 6.07) is 10.4. The summed E-state index contributed by atoms with van der Waals surface area (Å²) in [5.74, 6) is 2.14. The Morgan fingerprint density at radius 2 is 1.83 bits per heavy atom. The van der Waals surface area contributed by atoms with Crippen LogP contribution in [0, 0.1) is 5.92 Å². The van der Waals surface area contributed by atoms with Crippen LogP contribution in [-0.4, -0.2) is 31.8 Å². The fourth-order valence-corrected chi connectivity index (χ4v) is 3.10. The fraction of sp³-hybridized carbons (Fsp3) is 0.333. The molecule has 1 amide bonds. The van der Waals surface area contributed by atoms with E-state index < -0.39 is 0 Å². The van der Waals surface area contributed by atoms with Crippen LogP contribution in [0.3, 0.4) is 0 Å². The summed E-state index contributed by atoms with van der Waals surface area (Å²) in [5, 5.41) is 5.77. The third-order valence-corrected chi connectivity index (χ3v) is 4.85. The van der Waals surface area contributed by atoms with E-state index in [2.05, 4.69) is 40.4 Å². The Hall–Kier alpha value is -2.32. The van der Waals surface area contributed by atoms with Gasteiger partial charge in [0.25, 0.3) is 5.91 Å². The summed E-state index contributed by atoms with van der Waals surface area (Å²) in [7, 11) is 3.12. The SMILES string of the molecule is COc1ccc(OC)c(NC(=S)NC(=O)c2ccc(OCCC(C)C)c(Br)c2)c1. The van der Waals surface area contributed by atoms with Crippen molar-refractivity contribution in [2.24, 2.45) is 5.92 Å². The van der Waals surface area contributed by atoms with Gasteiger partial charge in [-0.25, -0.2) is 0 Å². The van der Waals surface area contributed by atoms with Crippen molar-refractivity contribution in [1.29, 1.82) is 0 Å². The standard InChI is InChI=1S/C21H25BrN2O4S/c1-13(2)9-10-28-18-7-5-14(11-16(18)22)20(25)24-21(29)23-17-12-15(26-3)6-8-19(17)27-4/h5-8,11-13H,9-10H2,1-4H3,(H2,23,24,25,29). The normalized spacial score (nSPS) is 10.4. The zero-order valence-electron chi connectivity index (χ0n) is 16.9. The molecule has 0 unspecified atom stereocenters. The van der Waals surface area contributed by atoms with E-state index in [4.69, 9.17) is 26.4 Å². The molecule has 0 heterocycles. The molecule has 0 bridgehead atoms. The van der Waals surface area contributed by atoms with Gasteiger partial charge in [0.2, 0.25) is 0 Å². The van der Waals surface area contributed by atoms with Crippen molar-refractivity contribution in [3.63, 3.8) is 0 Å². The summed E-state index contributed by atoms with van der Waals surface area (Å²) in [6.45, 7) is 4.91. The van der Waals surface area contributed by atoms with Gasteiger partial charge in [-0.1, -0.05) is 13.8 Å². The maximum atomic E-state index is 12.5. The molecule has 2 aromatic carbocycles. The van der Waals surface area contributed by atoms with Crippen molar-refractivity contribution >= 4 is 44.9 Å². The van der Waals surface area contributed by atoms with Crippen LogP contribution >= 0.6 is 28.1 Å². The van der Waals surface area contributed by atoms with Gasteiger partial charge >= 0.3 is 0 Å². The van der Waals surface area contributed by atoms with Gasteiger partial charge in [-0.15, -0.1) is 0 Å². The van der Waals surface area contributed by atoms with E-state index in [0.29, 0.717) is 45.5 Å². The Morgan fingerprint density at radius 3 is 2.45 bits per heavy atom. The molecule has 0 fully saturated rings. The summed E-state index contributed by atoms with van der Waals surface area (Å²) in [4.78, 5) is 12.5. The van der Waals surface area contributed by atoms with E-state index in [1.165, 1.54) is 0 Å². The van der Waals surface area contributed by atoms with Crippen LogP contribution in [0.15, 0.2) is 40.9 Å². The number of carbonyl (C=O) groups is 1. The molecule has 0 aliphatic heterocycles. The zero-order valence-corrected chi connectivity index (χ0v) is 19.3. The average molecular weight is 481 g/mol. The lowest BCUT2D eigenvalue weighted by atomic mass is 10.1. The molecule has 6 nitrogen and oxygen atoms in total. The quantitative estimate of drug-likeness (QED) is 0.517. The second-order valence-electron chi connectivity index (χ2n) is 6.65. The average Bonchev–Trinajstić information content (AvgIpc) is 2.68. The highest BCUT2D eigenvalue weighted by molar-refractivity contribution is 9.10. The highest BCUT2D eigenvalue weighted by atomic mass is 79.9. The second kappa shape index (κ2) is 11.0. The molecule has 29 heavy (non-hydrogen) atoms. The Bertz CT molecular complexity index is 874. The third-order valence-electron chi connectivity index (χ3n) is 4.03. The molecule has 156 valence electrons. The number of carbonyl (C=O) groups excluding carboxylic acids is 1. The second-order valence-corrected chi connectivity index (χ2v) is 7.91. The Kier molecular flexibility index (Phi) is 8.72. The van der Waals surface area contributed by atoms with Gasteiger partial charge in [-0.2, -0.15) is 0 Å². The lowest BCUT2D eigenvalue weighted by Crippen LogP contribution is -2.34. The number of halogens is 1. The molecule has 0 radical (unpaired) electrons. The predicted octanol–water partition coefficient (Wildman–Crippen LogP) is 5.02. The summed E-state index contributed by atoms with van der Waals surface area (Å²) < 4.78 is 17.0. The molecular weight excluding hydrogens is 456 g/mol. The maximum Gasteiger partial charge on any atom is 0.257 e. The van der Waals surface area contributed by atoms with E-state index in [9.17, 15) is 4.79 Å². The van der Waals surface area contributed by atoms with Crippen LogP contribution in [0.1, 0.15) is 30.6 Å². The maximum absolute atomic E-state index is 12.5. The number of ether oxygens (including phenoxy) is 3. The van der Waals surface area contributed by atoms with Crippen molar-refractivity contribution in [3.8, 4) is 17.2 Å². The van der Waals surface area contributed by atoms with Crippen LogP contribution < -0.4 is 24.8 Å². The van der Waals surface area contributed by atoms with E-state index in [-0.39, 0.29) is 11.0 Å². The van der Waals surface area contributed by atoms with Gasteiger partial charge in [-0.3, -0.25) is 10.1 Å². The first kappa shape index (κ1) is 23.0. The lowest BCUT2D eigenvalue weighted by molar-refractivity contribution is 0.0977. The monoisotopic (exact) mass is 480 g/mol. The predicted molar refractivity (Wildman–Crippen MR) is 122 cm³/mol. The Morgan fingerprint density at radius 1 is 1.10 bits per heavy atom. The largest absolute Gasteiger partial charge is 0.497 e. The summed E-state index contributed by atoms with van der Waals surface area (Å²) >= 11 is 8.72. The molecule has 8 heteroatoms. The van der Waals surface area contributed by atoms with E-state index in [1.807, 2.05) is 0 Å². The van der Waals surface area contributed by atoms with Gasteiger partial charge in [0.05, 0.1) is 31.0 Å². The van der Waals surface area contributed by atoms with Crippen molar-refractivity contribution in [2.45, 2.75) is 20.3 Å². The molecule has 0 aliphatic rings. The van der Waals surface area contributed by atoms with Crippen LogP contribution in [0.2, 0.25) is 0 Å². The molecule has 0 saturated carbocycles. The molecule has 0 spiro atoms. The van der Waals surface area contributed by atoms with Crippen LogP contribution in [-0.2, 0) is 0 Å². The van der Waals surface area contributed by atoms with Crippen LogP contribution in [0.25, 0.3) is 0 Å². The number of amides is 1. The smallest absolute Gasteiger partial charge is 0.257 e. The highest BCUT2D eigenvalue weighted by Gasteiger charge is 2.13. The fourth-order valence-electron chi connectivity index (χ4n) is 2.40. The minimum Gasteiger partial charge on any atom is -0.497 e. The first-order valence-electron chi connectivity index (χ1n) is 9.10. The molecule has 0 aliphatic carbocycles. The summed E-state index contributed by atoms with van der Waals surface area (Å²) in [6.07, 6.45) is 0.961. The highest BCUT2D eigenvalue weighted by Crippen LogP contribution is 2.29. The number of rotatable bonds is 8. The zero-order chi connectivity index (χ0) is 21.4. The number of methoxy groups -OCH3 is 2. The molecule has 2 rings (SSSR count). The minimum atomic E-state index is -0.334. The Labute approximate surface area is 185 Å². The van der Waals surface area contributed by atoms with Gasteiger partial charge in [0.15, 0.2) is 5.11 Å². The van der Waals surface area contributed by atoms with Crippen molar-refractivity contribution < 1.29 is 19.0 Å². The lowest BCUT2D eigenvalue weighted by Gasteiger charge is -2.14. The van der Waals surface area contributed by atoms with Gasteiger partial charge in [0.1, 0.15) is 17.2 Å². The Balaban J connectivity index is 2.01. The first-order valence-corrected chi connectivity index (χ1v) is 10.3. The van der Waals surface area contributed by atoms with E-state index in [0.717, 1.165) is 6.42 Å². The van der Waals surface area contributed by atoms with Crippen molar-refractivity contribution in [3.05, 3.63) is 46.4 Å². The van der Waals surface area contributed by atoms with Gasteiger partial charge in [0, 0.05) is 11.6 Å². The van der Waals surface area contributed by atoms with E-state index >= 15 is 0 Å². The van der Waals surface area contributed by atoms with Crippen LogP contribution in [0.4, 0.5) is 5.69 Å². The minimum absolute atomic E-state index is 0.148. The molecule has 0 aromatic heterocycles. The van der Waals surface area contributed by atoms with E-state index in [1.54, 1.807) is 50.6 Å². The first-order chi connectivity index (χ1) is 13.8. The van der Waals surface area contributed by atoms with Gasteiger partial charge in [-0.05, 0) is 70.8 Å². The van der Waals surface area contributed by atoms with Crippen molar-refractivity contribution in [2.75, 3.05) is 26.1 Å². The van der Waals surface area contributed by atoms with Crippen LogP contribution in [0.5, 0.6) is 17.2 Å². The summed E-state index contributed by atoms with van der Waals surface area (Å²) in [5.41, 5.74) is 1.04. The molecular formula is C21H25BrN2O4S. The molecule has 0 atom stereocenters.